The second kappa shape index (κ2) is 6.99. The summed E-state index contributed by atoms with van der Waals surface area (Å²) < 4.78 is 6.00. The fourth-order valence-electron chi connectivity index (χ4n) is 2.96. The Balaban J connectivity index is 2.37. The van der Waals surface area contributed by atoms with Gasteiger partial charge in [-0.3, -0.25) is 4.99 Å². The second-order valence-corrected chi connectivity index (χ2v) is 6.64. The molecule has 3 N–H and O–H groups in total. The molecular formula is C17H28N4O. The van der Waals surface area contributed by atoms with Crippen LogP contribution in [-0.2, 0) is 4.74 Å². The van der Waals surface area contributed by atoms with Crippen molar-refractivity contribution in [2.45, 2.75) is 53.0 Å². The second-order valence-electron chi connectivity index (χ2n) is 6.64. The summed E-state index contributed by atoms with van der Waals surface area (Å²) in [5, 5.41) is 3.10. The van der Waals surface area contributed by atoms with Gasteiger partial charge >= 0.3 is 0 Å². The largest absolute Gasteiger partial charge is 0.491 e. The van der Waals surface area contributed by atoms with E-state index in [0.717, 1.165) is 42.1 Å². The van der Waals surface area contributed by atoms with Crippen molar-refractivity contribution in [2.24, 2.45) is 27.6 Å². The molecule has 2 aliphatic rings. The van der Waals surface area contributed by atoms with E-state index >= 15 is 0 Å². The summed E-state index contributed by atoms with van der Waals surface area (Å²) in [6.07, 6.45) is 3.30. The van der Waals surface area contributed by atoms with Crippen molar-refractivity contribution >= 4 is 11.8 Å². The van der Waals surface area contributed by atoms with Crippen LogP contribution in [0, 0.1) is 11.8 Å². The number of rotatable bonds is 2. The predicted molar refractivity (Wildman–Crippen MR) is 91.6 cm³/mol. The molecule has 0 aromatic rings. The van der Waals surface area contributed by atoms with Crippen molar-refractivity contribution in [2.75, 3.05) is 6.61 Å². The summed E-state index contributed by atoms with van der Waals surface area (Å²) in [6.45, 7) is 12.8. The Bertz CT molecular complexity index is 531. The minimum Gasteiger partial charge on any atom is -0.491 e. The molecule has 1 saturated carbocycles. The molecule has 2 bridgehead atoms. The molecule has 0 aromatic heterocycles. The maximum Gasteiger partial charge on any atom is 0.199 e. The Labute approximate surface area is 133 Å². The first-order valence-electron chi connectivity index (χ1n) is 8.05. The molecule has 122 valence electrons. The SMILES string of the molecule is C=C(C)/C1=C(\C)NC(N)=NC(C(C)C)=N[C@H]2CC[C@@H](CO1)C2. The molecule has 0 aromatic carbocycles. The molecule has 5 heteroatoms. The van der Waals surface area contributed by atoms with Crippen molar-refractivity contribution in [1.82, 2.24) is 5.32 Å². The molecule has 5 nitrogen and oxygen atoms in total. The van der Waals surface area contributed by atoms with E-state index in [2.05, 4.69) is 30.7 Å². The van der Waals surface area contributed by atoms with E-state index in [9.17, 15) is 0 Å². The first-order valence-corrected chi connectivity index (χ1v) is 8.05. The molecule has 1 aliphatic carbocycles. The Morgan fingerprint density at radius 3 is 2.77 bits per heavy atom. The van der Waals surface area contributed by atoms with Crippen LogP contribution in [0.15, 0.2) is 33.6 Å². The van der Waals surface area contributed by atoms with E-state index < -0.39 is 0 Å². The number of aliphatic imine (C=N–C) groups is 2. The van der Waals surface area contributed by atoms with Gasteiger partial charge in [-0.25, -0.2) is 0 Å². The van der Waals surface area contributed by atoms with Gasteiger partial charge in [0, 0.05) is 5.92 Å². The summed E-state index contributed by atoms with van der Waals surface area (Å²) in [5.74, 6) is 2.75. The third-order valence-electron chi connectivity index (χ3n) is 4.09. The summed E-state index contributed by atoms with van der Waals surface area (Å²) in [6, 6.07) is 0.334. The maximum atomic E-state index is 6.03. The Morgan fingerprint density at radius 2 is 2.14 bits per heavy atom. The molecule has 0 amide bonds. The third kappa shape index (κ3) is 4.12. The van der Waals surface area contributed by atoms with Crippen molar-refractivity contribution < 1.29 is 4.74 Å². The van der Waals surface area contributed by atoms with E-state index in [1.54, 1.807) is 0 Å². The highest BCUT2D eigenvalue weighted by Crippen LogP contribution is 2.30. The zero-order chi connectivity index (χ0) is 16.3. The molecule has 1 fully saturated rings. The lowest BCUT2D eigenvalue weighted by molar-refractivity contribution is 0.169. The quantitative estimate of drug-likeness (QED) is 0.824. The monoisotopic (exact) mass is 304 g/mol. The number of nitrogens with one attached hydrogen (secondary N) is 1. The normalized spacial score (nSPS) is 29.7. The smallest absolute Gasteiger partial charge is 0.199 e. The number of hydrogen-bond donors (Lipinski definition) is 2. The van der Waals surface area contributed by atoms with Crippen LogP contribution in [0.4, 0.5) is 0 Å². The van der Waals surface area contributed by atoms with Gasteiger partial charge in [0.05, 0.1) is 18.3 Å². The number of ether oxygens (including phenoxy) is 1. The van der Waals surface area contributed by atoms with Crippen molar-refractivity contribution in [1.29, 1.82) is 0 Å². The topological polar surface area (TPSA) is 72.0 Å². The van der Waals surface area contributed by atoms with E-state index in [1.807, 2.05) is 13.8 Å². The highest BCUT2D eigenvalue weighted by atomic mass is 16.5. The number of fused-ring (bicyclic) bond motifs is 2. The zero-order valence-electron chi connectivity index (χ0n) is 14.1. The lowest BCUT2D eigenvalue weighted by Gasteiger charge is -2.19. The van der Waals surface area contributed by atoms with Gasteiger partial charge in [-0.2, -0.15) is 4.99 Å². The van der Waals surface area contributed by atoms with Gasteiger partial charge in [0.25, 0.3) is 0 Å². The molecule has 2 atom stereocenters. The van der Waals surface area contributed by atoms with Crippen molar-refractivity contribution in [3.05, 3.63) is 23.6 Å². The van der Waals surface area contributed by atoms with Crippen LogP contribution in [0.1, 0.15) is 47.0 Å². The van der Waals surface area contributed by atoms with Crippen LogP contribution >= 0.6 is 0 Å². The number of amidine groups is 1. The molecule has 0 saturated heterocycles. The van der Waals surface area contributed by atoms with Crippen LogP contribution in [0.2, 0.25) is 0 Å². The first kappa shape index (κ1) is 16.6. The third-order valence-corrected chi connectivity index (χ3v) is 4.09. The summed E-state index contributed by atoms with van der Waals surface area (Å²) in [5.41, 5.74) is 7.76. The van der Waals surface area contributed by atoms with Gasteiger partial charge in [0.2, 0.25) is 0 Å². The van der Waals surface area contributed by atoms with Gasteiger partial charge in [-0.15, -0.1) is 0 Å². The number of guanidine groups is 1. The van der Waals surface area contributed by atoms with Gasteiger partial charge < -0.3 is 15.8 Å². The first-order chi connectivity index (χ1) is 10.4. The van der Waals surface area contributed by atoms with Crippen LogP contribution in [-0.4, -0.2) is 24.4 Å². The lowest BCUT2D eigenvalue weighted by atomic mass is 10.1. The highest BCUT2D eigenvalue weighted by molar-refractivity contribution is 5.96. The molecule has 0 spiro atoms. The van der Waals surface area contributed by atoms with Crippen molar-refractivity contribution in [3.8, 4) is 0 Å². The van der Waals surface area contributed by atoms with Gasteiger partial charge in [-0.05, 0) is 44.6 Å². The minimum atomic E-state index is 0.253. The van der Waals surface area contributed by atoms with E-state index in [1.165, 1.54) is 0 Å². The number of allylic oxidation sites excluding steroid dienone is 2. The van der Waals surface area contributed by atoms with Gasteiger partial charge in [-0.1, -0.05) is 20.4 Å². The van der Waals surface area contributed by atoms with Crippen LogP contribution in [0.5, 0.6) is 0 Å². The number of hydrogen-bond acceptors (Lipinski definition) is 5. The molecule has 1 heterocycles. The van der Waals surface area contributed by atoms with Crippen molar-refractivity contribution in [3.63, 3.8) is 0 Å². The number of nitrogens with zero attached hydrogens (tertiary/aromatic N) is 2. The molecule has 0 radical (unpaired) electrons. The summed E-state index contributed by atoms with van der Waals surface area (Å²) in [7, 11) is 0. The standard InChI is InChI=1S/C17H28N4O/c1-10(2)15-12(5)19-17(18)21-16(11(3)4)20-14-7-6-13(8-14)9-22-15/h11,13-14H,1,6-9H2,2-5H3,(H3,18,19,20,21)/b15-12-/t13-,14+/m1/s1. The highest BCUT2D eigenvalue weighted by Gasteiger charge is 2.26. The average Bonchev–Trinajstić information content (AvgIpc) is 2.84. The van der Waals surface area contributed by atoms with Crippen LogP contribution < -0.4 is 11.1 Å². The summed E-state index contributed by atoms with van der Waals surface area (Å²) >= 11 is 0. The van der Waals surface area contributed by atoms with Crippen LogP contribution in [0.25, 0.3) is 0 Å². The minimum absolute atomic E-state index is 0.253. The maximum absolute atomic E-state index is 6.03. The number of nitrogens with two attached hydrogens (primary N) is 1. The molecule has 2 rings (SSSR count). The molecule has 1 aliphatic heterocycles. The van der Waals surface area contributed by atoms with E-state index in [4.69, 9.17) is 15.5 Å². The van der Waals surface area contributed by atoms with E-state index in [-0.39, 0.29) is 5.92 Å². The average molecular weight is 304 g/mol. The Morgan fingerprint density at radius 1 is 1.41 bits per heavy atom. The van der Waals surface area contributed by atoms with Crippen LogP contribution in [0.3, 0.4) is 0 Å². The predicted octanol–water partition coefficient (Wildman–Crippen LogP) is 2.95. The Hall–Kier alpha value is -1.78. The zero-order valence-corrected chi connectivity index (χ0v) is 14.1. The molecular weight excluding hydrogens is 276 g/mol. The lowest BCUT2D eigenvalue weighted by Crippen LogP contribution is -2.33. The molecule has 22 heavy (non-hydrogen) atoms. The summed E-state index contributed by atoms with van der Waals surface area (Å²) in [4.78, 5) is 9.30. The van der Waals surface area contributed by atoms with E-state index in [0.29, 0.717) is 24.5 Å². The van der Waals surface area contributed by atoms with Gasteiger partial charge in [0.1, 0.15) is 11.6 Å². The Kier molecular flexibility index (Phi) is 5.27. The molecule has 0 unspecified atom stereocenters. The fourth-order valence-corrected chi connectivity index (χ4v) is 2.96. The fraction of sp³-hybridized carbons (Fsp3) is 0.647. The van der Waals surface area contributed by atoms with Gasteiger partial charge in [0.15, 0.2) is 5.96 Å².